The van der Waals surface area contributed by atoms with Gasteiger partial charge in [-0.25, -0.2) is 4.98 Å². The van der Waals surface area contributed by atoms with Gasteiger partial charge in [-0.15, -0.1) is 0 Å². The first-order valence-corrected chi connectivity index (χ1v) is 4.47. The standard InChI is InChI=1S/C10H12N2O/c1-7(2)10(13)8-6-11-9-4-3-5-12(8)9/h3,5-7H,4H2,1-2H3. The third-order valence-corrected chi connectivity index (χ3v) is 2.21. The van der Waals surface area contributed by atoms with E-state index in [0.29, 0.717) is 5.69 Å². The van der Waals surface area contributed by atoms with E-state index in [0.717, 1.165) is 12.2 Å². The number of hydrogen-bond acceptors (Lipinski definition) is 2. The van der Waals surface area contributed by atoms with Gasteiger partial charge < -0.3 is 4.57 Å². The van der Waals surface area contributed by atoms with Crippen LogP contribution in [0.25, 0.3) is 6.20 Å². The Kier molecular flexibility index (Phi) is 1.79. The molecule has 0 saturated heterocycles. The van der Waals surface area contributed by atoms with Crippen LogP contribution in [-0.4, -0.2) is 15.3 Å². The highest BCUT2D eigenvalue weighted by Gasteiger charge is 2.18. The van der Waals surface area contributed by atoms with Crippen molar-refractivity contribution >= 4 is 12.0 Å². The molecular formula is C10H12N2O. The smallest absolute Gasteiger partial charge is 0.183 e. The molecule has 1 aliphatic heterocycles. The lowest BCUT2D eigenvalue weighted by molar-refractivity contribution is 0.0933. The molecule has 1 aromatic heterocycles. The normalized spacial score (nSPS) is 13.8. The van der Waals surface area contributed by atoms with Crippen molar-refractivity contribution < 1.29 is 4.79 Å². The molecule has 0 unspecified atom stereocenters. The van der Waals surface area contributed by atoms with Gasteiger partial charge in [0.25, 0.3) is 0 Å². The van der Waals surface area contributed by atoms with E-state index in [1.165, 1.54) is 0 Å². The van der Waals surface area contributed by atoms with Gasteiger partial charge in [-0.05, 0) is 0 Å². The maximum absolute atomic E-state index is 11.7. The lowest BCUT2D eigenvalue weighted by Gasteiger charge is -2.03. The topological polar surface area (TPSA) is 34.9 Å². The number of imidazole rings is 1. The lowest BCUT2D eigenvalue weighted by atomic mass is 10.1. The van der Waals surface area contributed by atoms with Crippen LogP contribution in [0.5, 0.6) is 0 Å². The van der Waals surface area contributed by atoms with Gasteiger partial charge in [-0.2, -0.15) is 0 Å². The summed E-state index contributed by atoms with van der Waals surface area (Å²) in [4.78, 5) is 15.9. The molecule has 0 bridgehead atoms. The van der Waals surface area contributed by atoms with Crippen molar-refractivity contribution in [2.75, 3.05) is 0 Å². The van der Waals surface area contributed by atoms with Crippen molar-refractivity contribution in [1.82, 2.24) is 9.55 Å². The zero-order valence-corrected chi connectivity index (χ0v) is 7.82. The highest BCUT2D eigenvalue weighted by atomic mass is 16.1. The Morgan fingerprint density at radius 2 is 2.38 bits per heavy atom. The van der Waals surface area contributed by atoms with E-state index < -0.39 is 0 Å². The number of allylic oxidation sites excluding steroid dienone is 1. The van der Waals surface area contributed by atoms with Crippen molar-refractivity contribution in [1.29, 1.82) is 0 Å². The number of fused-ring (bicyclic) bond motifs is 1. The number of Topliss-reactive ketones (excluding diaryl/α,β-unsaturated/α-hetero) is 1. The number of ketones is 1. The van der Waals surface area contributed by atoms with Crippen LogP contribution in [0.3, 0.4) is 0 Å². The number of aromatic nitrogens is 2. The highest BCUT2D eigenvalue weighted by Crippen LogP contribution is 2.16. The van der Waals surface area contributed by atoms with Crippen LogP contribution in [0.15, 0.2) is 12.3 Å². The van der Waals surface area contributed by atoms with Crippen molar-refractivity contribution in [3.63, 3.8) is 0 Å². The summed E-state index contributed by atoms with van der Waals surface area (Å²) in [5.74, 6) is 1.16. The van der Waals surface area contributed by atoms with Crippen molar-refractivity contribution in [3.05, 3.63) is 23.8 Å². The molecule has 0 atom stereocenters. The monoisotopic (exact) mass is 176 g/mol. The Hall–Kier alpha value is -1.38. The summed E-state index contributed by atoms with van der Waals surface area (Å²) in [6.07, 6.45) is 6.43. The Balaban J connectivity index is 2.42. The lowest BCUT2D eigenvalue weighted by Crippen LogP contribution is -2.11. The molecule has 1 aliphatic rings. The number of nitrogens with zero attached hydrogens (tertiary/aromatic N) is 2. The van der Waals surface area contributed by atoms with Crippen LogP contribution in [-0.2, 0) is 6.42 Å². The Bertz CT molecular complexity index is 374. The van der Waals surface area contributed by atoms with Gasteiger partial charge in [0.15, 0.2) is 5.78 Å². The van der Waals surface area contributed by atoms with Gasteiger partial charge in [0.1, 0.15) is 11.5 Å². The van der Waals surface area contributed by atoms with Gasteiger partial charge in [0.05, 0.1) is 6.20 Å². The second-order valence-electron chi connectivity index (χ2n) is 3.54. The summed E-state index contributed by atoms with van der Waals surface area (Å²) >= 11 is 0. The third kappa shape index (κ3) is 1.20. The average molecular weight is 176 g/mol. The first-order chi connectivity index (χ1) is 6.20. The molecule has 1 aromatic rings. The van der Waals surface area contributed by atoms with E-state index in [9.17, 15) is 4.79 Å². The quantitative estimate of drug-likeness (QED) is 0.643. The minimum Gasteiger partial charge on any atom is -0.301 e. The fraction of sp³-hybridized carbons (Fsp3) is 0.400. The molecule has 0 aliphatic carbocycles. The summed E-state index contributed by atoms with van der Waals surface area (Å²) < 4.78 is 1.88. The maximum atomic E-state index is 11.7. The van der Waals surface area contributed by atoms with Crippen LogP contribution in [0.4, 0.5) is 0 Å². The van der Waals surface area contributed by atoms with E-state index in [-0.39, 0.29) is 11.7 Å². The van der Waals surface area contributed by atoms with Gasteiger partial charge in [-0.1, -0.05) is 19.9 Å². The molecule has 2 rings (SSSR count). The molecule has 13 heavy (non-hydrogen) atoms. The largest absolute Gasteiger partial charge is 0.301 e. The molecule has 0 radical (unpaired) electrons. The van der Waals surface area contributed by atoms with Crippen molar-refractivity contribution in [3.8, 4) is 0 Å². The molecule has 0 spiro atoms. The van der Waals surface area contributed by atoms with E-state index >= 15 is 0 Å². The number of carbonyl (C=O) groups is 1. The SMILES string of the molecule is CC(C)C(=O)c1cnc2n1C=CC2. The van der Waals surface area contributed by atoms with Crippen LogP contribution >= 0.6 is 0 Å². The predicted octanol–water partition coefficient (Wildman–Crippen LogP) is 1.75. The molecule has 2 heterocycles. The summed E-state index contributed by atoms with van der Waals surface area (Å²) in [6.45, 7) is 3.81. The van der Waals surface area contributed by atoms with Crippen molar-refractivity contribution in [2.24, 2.45) is 5.92 Å². The average Bonchev–Trinajstić information content (AvgIpc) is 2.61. The number of hydrogen-bond donors (Lipinski definition) is 0. The van der Waals surface area contributed by atoms with Gasteiger partial charge in [0.2, 0.25) is 0 Å². The van der Waals surface area contributed by atoms with E-state index in [4.69, 9.17) is 0 Å². The van der Waals surface area contributed by atoms with E-state index in [1.54, 1.807) is 6.20 Å². The first kappa shape index (κ1) is 8.23. The van der Waals surface area contributed by atoms with Crippen LogP contribution < -0.4 is 0 Å². The molecule has 3 nitrogen and oxygen atoms in total. The Labute approximate surface area is 77.1 Å². The second kappa shape index (κ2) is 2.83. The first-order valence-electron chi connectivity index (χ1n) is 4.47. The van der Waals surface area contributed by atoms with Gasteiger partial charge in [-0.3, -0.25) is 4.79 Å². The summed E-state index contributed by atoms with van der Waals surface area (Å²) in [6, 6.07) is 0. The zero-order chi connectivity index (χ0) is 9.42. The molecule has 3 heteroatoms. The molecule has 0 saturated carbocycles. The number of rotatable bonds is 2. The second-order valence-corrected chi connectivity index (χ2v) is 3.54. The summed E-state index contributed by atoms with van der Waals surface area (Å²) in [7, 11) is 0. The minimum absolute atomic E-state index is 0.0369. The van der Waals surface area contributed by atoms with Gasteiger partial charge in [0, 0.05) is 18.5 Å². The van der Waals surface area contributed by atoms with Crippen LogP contribution in [0.2, 0.25) is 0 Å². The van der Waals surface area contributed by atoms with Gasteiger partial charge >= 0.3 is 0 Å². The molecule has 0 amide bonds. The predicted molar refractivity (Wildman–Crippen MR) is 50.4 cm³/mol. The van der Waals surface area contributed by atoms with Crippen LogP contribution in [0, 0.1) is 5.92 Å². The molecule has 0 aromatic carbocycles. The summed E-state index contributed by atoms with van der Waals surface area (Å²) in [5, 5.41) is 0. The fourth-order valence-electron chi connectivity index (χ4n) is 1.46. The third-order valence-electron chi connectivity index (χ3n) is 2.21. The van der Waals surface area contributed by atoms with Crippen LogP contribution in [0.1, 0.15) is 30.2 Å². The highest BCUT2D eigenvalue weighted by molar-refractivity contribution is 5.96. The molecule has 68 valence electrons. The van der Waals surface area contributed by atoms with E-state index in [2.05, 4.69) is 4.98 Å². The zero-order valence-electron chi connectivity index (χ0n) is 7.82. The van der Waals surface area contributed by atoms with Crippen molar-refractivity contribution in [2.45, 2.75) is 20.3 Å². The Morgan fingerprint density at radius 1 is 1.62 bits per heavy atom. The summed E-state index contributed by atoms with van der Waals surface area (Å²) in [5.41, 5.74) is 0.707. The molecular weight excluding hydrogens is 164 g/mol. The Morgan fingerprint density at radius 3 is 3.08 bits per heavy atom. The molecule has 0 N–H and O–H groups in total. The van der Waals surface area contributed by atoms with E-state index in [1.807, 2.05) is 30.7 Å². The maximum Gasteiger partial charge on any atom is 0.183 e. The minimum atomic E-state index is 0.0369. The number of carbonyl (C=O) groups excluding carboxylic acids is 1. The fourth-order valence-corrected chi connectivity index (χ4v) is 1.46. The molecule has 0 fully saturated rings.